The Bertz CT molecular complexity index is 406. The first-order valence-corrected chi connectivity index (χ1v) is 9.09. The van der Waals surface area contributed by atoms with Gasteiger partial charge in [-0.05, 0) is 51.5 Å². The standard InChI is InChI=1S/C17H33N5O/c1-4-18-17(20-13-14-8-9-14)19-10-6-12-22-11-5-7-15(22)16(23)21(2)3/h14-15H,4-13H2,1-3H3,(H2,18,19,20). The number of likely N-dealkylation sites (N-methyl/N-ethyl adjacent to an activating group) is 1. The molecule has 1 aliphatic carbocycles. The summed E-state index contributed by atoms with van der Waals surface area (Å²) in [6, 6.07) is 0.0850. The van der Waals surface area contributed by atoms with Gasteiger partial charge in [0.2, 0.25) is 5.91 Å². The van der Waals surface area contributed by atoms with Gasteiger partial charge in [-0.2, -0.15) is 0 Å². The second kappa shape index (κ2) is 9.11. The first kappa shape index (κ1) is 18.0. The molecule has 6 heteroatoms. The van der Waals surface area contributed by atoms with Gasteiger partial charge in [-0.25, -0.2) is 0 Å². The van der Waals surface area contributed by atoms with Crippen LogP contribution < -0.4 is 10.6 Å². The highest BCUT2D eigenvalue weighted by molar-refractivity contribution is 5.81. The van der Waals surface area contributed by atoms with Crippen molar-refractivity contribution in [2.45, 2.75) is 45.1 Å². The molecule has 0 aromatic heterocycles. The fourth-order valence-corrected chi connectivity index (χ4v) is 3.02. The second-order valence-electron chi connectivity index (χ2n) is 6.87. The molecule has 1 saturated carbocycles. The van der Waals surface area contributed by atoms with Crippen molar-refractivity contribution in [2.75, 3.05) is 46.8 Å². The van der Waals surface area contributed by atoms with Crippen LogP contribution in [0.3, 0.4) is 0 Å². The molecule has 1 saturated heterocycles. The van der Waals surface area contributed by atoms with E-state index in [1.807, 2.05) is 14.1 Å². The number of guanidine groups is 1. The Kier molecular flexibility index (Phi) is 7.15. The summed E-state index contributed by atoms with van der Waals surface area (Å²) in [5.41, 5.74) is 0. The molecule has 23 heavy (non-hydrogen) atoms. The molecule has 1 heterocycles. The van der Waals surface area contributed by atoms with E-state index in [-0.39, 0.29) is 11.9 Å². The van der Waals surface area contributed by atoms with Crippen LogP contribution in [0, 0.1) is 5.92 Å². The Morgan fingerprint density at radius 1 is 1.26 bits per heavy atom. The highest BCUT2D eigenvalue weighted by atomic mass is 16.2. The van der Waals surface area contributed by atoms with Crippen LogP contribution in [0.4, 0.5) is 0 Å². The van der Waals surface area contributed by atoms with Crippen LogP contribution >= 0.6 is 0 Å². The van der Waals surface area contributed by atoms with Crippen LogP contribution in [0.5, 0.6) is 0 Å². The lowest BCUT2D eigenvalue weighted by atomic mass is 10.2. The van der Waals surface area contributed by atoms with Crippen molar-refractivity contribution in [1.29, 1.82) is 0 Å². The van der Waals surface area contributed by atoms with Gasteiger partial charge in [0.05, 0.1) is 6.04 Å². The molecule has 1 aliphatic heterocycles. The zero-order valence-corrected chi connectivity index (χ0v) is 15.0. The van der Waals surface area contributed by atoms with Gasteiger partial charge in [-0.1, -0.05) is 0 Å². The van der Waals surface area contributed by atoms with Crippen molar-refractivity contribution < 1.29 is 4.79 Å². The van der Waals surface area contributed by atoms with E-state index in [9.17, 15) is 4.79 Å². The van der Waals surface area contributed by atoms with Crippen LogP contribution in [0.2, 0.25) is 0 Å². The number of amides is 1. The zero-order chi connectivity index (χ0) is 16.7. The number of hydrogen-bond donors (Lipinski definition) is 2. The van der Waals surface area contributed by atoms with Crippen LogP contribution in [-0.2, 0) is 4.79 Å². The number of carbonyl (C=O) groups is 1. The number of hydrogen-bond acceptors (Lipinski definition) is 3. The summed E-state index contributed by atoms with van der Waals surface area (Å²) in [5.74, 6) is 1.99. The Morgan fingerprint density at radius 2 is 2.04 bits per heavy atom. The third kappa shape index (κ3) is 6.01. The maximum atomic E-state index is 12.2. The fraction of sp³-hybridized carbons (Fsp3) is 0.882. The highest BCUT2D eigenvalue weighted by Gasteiger charge is 2.30. The van der Waals surface area contributed by atoms with Gasteiger partial charge in [0.25, 0.3) is 0 Å². The smallest absolute Gasteiger partial charge is 0.239 e. The molecule has 6 nitrogen and oxygen atoms in total. The molecule has 2 N–H and O–H groups in total. The number of carbonyl (C=O) groups excluding carboxylic acids is 1. The largest absolute Gasteiger partial charge is 0.357 e. The summed E-state index contributed by atoms with van der Waals surface area (Å²) in [5, 5.41) is 6.71. The predicted molar refractivity (Wildman–Crippen MR) is 94.6 cm³/mol. The Balaban J connectivity index is 1.68. The summed E-state index contributed by atoms with van der Waals surface area (Å²) in [6.45, 7) is 6.84. The van der Waals surface area contributed by atoms with Crippen molar-refractivity contribution >= 4 is 11.9 Å². The molecule has 0 radical (unpaired) electrons. The second-order valence-corrected chi connectivity index (χ2v) is 6.87. The highest BCUT2D eigenvalue weighted by Crippen LogP contribution is 2.28. The molecule has 0 aromatic rings. The van der Waals surface area contributed by atoms with E-state index in [1.165, 1.54) is 12.8 Å². The molecule has 2 aliphatic rings. The third-order valence-corrected chi connectivity index (χ3v) is 4.55. The average Bonchev–Trinajstić information content (AvgIpc) is 3.24. The van der Waals surface area contributed by atoms with Gasteiger partial charge >= 0.3 is 0 Å². The summed E-state index contributed by atoms with van der Waals surface area (Å²) < 4.78 is 0. The minimum Gasteiger partial charge on any atom is -0.357 e. The maximum Gasteiger partial charge on any atom is 0.239 e. The number of likely N-dealkylation sites (tertiary alicyclic amines) is 1. The number of rotatable bonds is 8. The minimum atomic E-state index is 0.0850. The van der Waals surface area contributed by atoms with E-state index in [1.54, 1.807) is 4.90 Å². The Morgan fingerprint density at radius 3 is 2.70 bits per heavy atom. The SMILES string of the molecule is CCNC(=NCC1CC1)NCCCN1CCCC1C(=O)N(C)C. The van der Waals surface area contributed by atoms with Crippen molar-refractivity contribution in [3.63, 3.8) is 0 Å². The van der Waals surface area contributed by atoms with Crippen LogP contribution in [-0.4, -0.2) is 74.5 Å². The average molecular weight is 323 g/mol. The molecule has 0 bridgehead atoms. The van der Waals surface area contributed by atoms with E-state index >= 15 is 0 Å². The molecular weight excluding hydrogens is 290 g/mol. The number of aliphatic imine (C=N–C) groups is 1. The Labute approximate surface area is 140 Å². The molecule has 1 amide bonds. The lowest BCUT2D eigenvalue weighted by Crippen LogP contribution is -2.44. The molecule has 1 atom stereocenters. The van der Waals surface area contributed by atoms with E-state index in [0.29, 0.717) is 0 Å². The van der Waals surface area contributed by atoms with Gasteiger partial charge in [0, 0.05) is 40.3 Å². The van der Waals surface area contributed by atoms with E-state index in [2.05, 4.69) is 27.4 Å². The zero-order valence-electron chi connectivity index (χ0n) is 15.0. The lowest BCUT2D eigenvalue weighted by molar-refractivity contribution is -0.133. The van der Waals surface area contributed by atoms with Crippen LogP contribution in [0.25, 0.3) is 0 Å². The summed E-state index contributed by atoms with van der Waals surface area (Å²) in [7, 11) is 3.69. The lowest BCUT2D eigenvalue weighted by Gasteiger charge is -2.26. The molecule has 2 fully saturated rings. The molecule has 132 valence electrons. The van der Waals surface area contributed by atoms with Gasteiger partial charge in [-0.15, -0.1) is 0 Å². The van der Waals surface area contributed by atoms with E-state index in [0.717, 1.165) is 63.9 Å². The van der Waals surface area contributed by atoms with Gasteiger partial charge < -0.3 is 15.5 Å². The predicted octanol–water partition coefficient (Wildman–Crippen LogP) is 0.894. The van der Waals surface area contributed by atoms with E-state index in [4.69, 9.17) is 0 Å². The fourth-order valence-electron chi connectivity index (χ4n) is 3.02. The summed E-state index contributed by atoms with van der Waals surface area (Å²) >= 11 is 0. The number of nitrogens with one attached hydrogen (secondary N) is 2. The van der Waals surface area contributed by atoms with Crippen molar-refractivity contribution in [3.8, 4) is 0 Å². The first-order valence-electron chi connectivity index (χ1n) is 9.09. The van der Waals surface area contributed by atoms with E-state index < -0.39 is 0 Å². The summed E-state index contributed by atoms with van der Waals surface area (Å²) in [4.78, 5) is 20.9. The van der Waals surface area contributed by atoms with Crippen molar-refractivity contribution in [3.05, 3.63) is 0 Å². The Hall–Kier alpha value is -1.30. The quantitative estimate of drug-likeness (QED) is 0.396. The third-order valence-electron chi connectivity index (χ3n) is 4.55. The van der Waals surface area contributed by atoms with Gasteiger partial charge in [-0.3, -0.25) is 14.7 Å². The molecule has 0 aromatic carbocycles. The minimum absolute atomic E-state index is 0.0850. The molecular formula is C17H33N5O. The normalized spacial score (nSPS) is 22.2. The van der Waals surface area contributed by atoms with Crippen molar-refractivity contribution in [1.82, 2.24) is 20.4 Å². The van der Waals surface area contributed by atoms with Gasteiger partial charge in [0.1, 0.15) is 0 Å². The van der Waals surface area contributed by atoms with Crippen LogP contribution in [0.15, 0.2) is 4.99 Å². The monoisotopic (exact) mass is 323 g/mol. The van der Waals surface area contributed by atoms with Gasteiger partial charge in [0.15, 0.2) is 5.96 Å². The van der Waals surface area contributed by atoms with Crippen molar-refractivity contribution in [2.24, 2.45) is 10.9 Å². The molecule has 0 spiro atoms. The molecule has 2 rings (SSSR count). The van der Waals surface area contributed by atoms with Crippen LogP contribution in [0.1, 0.15) is 39.0 Å². The molecule has 1 unspecified atom stereocenters. The first-order chi connectivity index (χ1) is 11.1. The summed E-state index contributed by atoms with van der Waals surface area (Å²) in [6.07, 6.45) is 5.82. The maximum absolute atomic E-state index is 12.2. The number of nitrogens with zero attached hydrogens (tertiary/aromatic N) is 3. The topological polar surface area (TPSA) is 60.0 Å².